The van der Waals surface area contributed by atoms with Crippen molar-refractivity contribution in [2.45, 2.75) is 65.2 Å². The molecule has 0 spiro atoms. The predicted octanol–water partition coefficient (Wildman–Crippen LogP) is 4.01. The maximum atomic E-state index is 13.2. The van der Waals surface area contributed by atoms with E-state index in [0.29, 0.717) is 12.1 Å². The maximum absolute atomic E-state index is 13.2. The molecule has 184 valence electrons. The summed E-state index contributed by atoms with van der Waals surface area (Å²) in [5.74, 6) is -1.05. The average Bonchev–Trinajstić information content (AvgIpc) is 2.84. The summed E-state index contributed by atoms with van der Waals surface area (Å²) in [6, 6.07) is 2.13. The molecular formula is C27H31N3O4S. The zero-order valence-corrected chi connectivity index (χ0v) is 21.2. The Bertz CT molecular complexity index is 1320. The highest BCUT2D eigenvalue weighted by molar-refractivity contribution is 7.80. The lowest BCUT2D eigenvalue weighted by Gasteiger charge is -2.37. The van der Waals surface area contributed by atoms with Crippen LogP contribution in [0.5, 0.6) is 0 Å². The second-order valence-electron chi connectivity index (χ2n) is 9.70. The Morgan fingerprint density at radius 3 is 2.66 bits per heavy atom. The number of anilines is 1. The molecule has 1 aromatic heterocycles. The van der Waals surface area contributed by atoms with E-state index in [1.165, 1.54) is 22.2 Å². The Morgan fingerprint density at radius 2 is 1.89 bits per heavy atom. The van der Waals surface area contributed by atoms with Crippen LogP contribution in [0.3, 0.4) is 0 Å². The summed E-state index contributed by atoms with van der Waals surface area (Å²) in [7, 11) is 0. The quantitative estimate of drug-likeness (QED) is 0.215. The summed E-state index contributed by atoms with van der Waals surface area (Å²) in [5, 5.41) is 3.61. The minimum atomic E-state index is -0.583. The van der Waals surface area contributed by atoms with Gasteiger partial charge in [0, 0.05) is 36.3 Å². The second kappa shape index (κ2) is 9.57. The van der Waals surface area contributed by atoms with Crippen molar-refractivity contribution in [3.8, 4) is 0 Å². The monoisotopic (exact) mass is 493 g/mol. The average molecular weight is 494 g/mol. The Morgan fingerprint density at radius 1 is 1.11 bits per heavy atom. The van der Waals surface area contributed by atoms with Crippen molar-refractivity contribution in [1.82, 2.24) is 10.2 Å². The van der Waals surface area contributed by atoms with Gasteiger partial charge in [-0.05, 0) is 74.5 Å². The lowest BCUT2D eigenvalue weighted by Crippen LogP contribution is -2.54. The summed E-state index contributed by atoms with van der Waals surface area (Å²) in [4.78, 5) is 42.9. The number of fused-ring (bicyclic) bond motifs is 2. The molecule has 0 bridgehead atoms. The van der Waals surface area contributed by atoms with Gasteiger partial charge in [-0.2, -0.15) is 0 Å². The van der Waals surface area contributed by atoms with Crippen LogP contribution in [0.1, 0.15) is 67.7 Å². The molecule has 1 fully saturated rings. The molecule has 0 atom stereocenters. The molecule has 0 radical (unpaired) electrons. The van der Waals surface area contributed by atoms with Crippen LogP contribution in [0.25, 0.3) is 17.0 Å². The first-order valence-electron chi connectivity index (χ1n) is 12.7. The van der Waals surface area contributed by atoms with Crippen LogP contribution in [0.4, 0.5) is 5.69 Å². The SMILES string of the molecule is CCCCCCN1C(=O)/C(=C/c2c(C)c3cc4c5c(c3oc2=O)CCCN5CCC4)C(=O)NC1=S. The fourth-order valence-electron chi connectivity index (χ4n) is 5.58. The zero-order valence-electron chi connectivity index (χ0n) is 20.4. The fourth-order valence-corrected chi connectivity index (χ4v) is 5.84. The van der Waals surface area contributed by atoms with Crippen LogP contribution in [0.15, 0.2) is 20.9 Å². The molecule has 0 aliphatic carbocycles. The number of carbonyl (C=O) groups excluding carboxylic acids is 2. The minimum Gasteiger partial charge on any atom is -0.422 e. The fraction of sp³-hybridized carbons (Fsp3) is 0.481. The van der Waals surface area contributed by atoms with Gasteiger partial charge in [-0.3, -0.25) is 19.8 Å². The van der Waals surface area contributed by atoms with E-state index in [-0.39, 0.29) is 16.2 Å². The highest BCUT2D eigenvalue weighted by atomic mass is 32.1. The summed E-state index contributed by atoms with van der Waals surface area (Å²) >= 11 is 5.25. The van der Waals surface area contributed by atoms with Crippen LogP contribution >= 0.6 is 12.2 Å². The highest BCUT2D eigenvalue weighted by Gasteiger charge is 2.34. The molecule has 1 aromatic carbocycles. The van der Waals surface area contributed by atoms with Crippen molar-refractivity contribution in [3.63, 3.8) is 0 Å². The number of carbonyl (C=O) groups is 2. The first kappa shape index (κ1) is 23.7. The topological polar surface area (TPSA) is 82.9 Å². The van der Waals surface area contributed by atoms with E-state index in [1.54, 1.807) is 0 Å². The van der Waals surface area contributed by atoms with Gasteiger partial charge in [0.2, 0.25) is 0 Å². The summed E-state index contributed by atoms with van der Waals surface area (Å²) in [5.41, 5.74) is 4.61. The van der Waals surface area contributed by atoms with Gasteiger partial charge in [0.05, 0.1) is 5.56 Å². The molecular weight excluding hydrogens is 462 g/mol. The third kappa shape index (κ3) is 4.18. The first-order valence-corrected chi connectivity index (χ1v) is 13.1. The predicted molar refractivity (Wildman–Crippen MR) is 141 cm³/mol. The van der Waals surface area contributed by atoms with Gasteiger partial charge in [0.1, 0.15) is 11.2 Å². The number of aryl methyl sites for hydroxylation is 3. The van der Waals surface area contributed by atoms with Crippen LogP contribution in [-0.2, 0) is 22.4 Å². The molecule has 5 rings (SSSR count). The standard InChI is InChI=1S/C27H31N3O4S/c1-3-4-5-6-13-30-25(32)21(24(31)28-27(30)35)15-20-16(2)19-14-17-9-7-11-29-12-8-10-18(22(17)29)23(19)34-26(20)33/h14-15H,3-13H2,1-2H3,(H,28,31,35)/b21-15+. The summed E-state index contributed by atoms with van der Waals surface area (Å²) in [6.07, 6.45) is 9.33. The minimum absolute atomic E-state index is 0.0886. The number of unbranched alkanes of at least 4 members (excludes halogenated alkanes) is 3. The van der Waals surface area contributed by atoms with Gasteiger partial charge >= 0.3 is 5.63 Å². The third-order valence-corrected chi connectivity index (χ3v) is 7.73. The molecule has 7 nitrogen and oxygen atoms in total. The van der Waals surface area contributed by atoms with Crippen molar-refractivity contribution < 1.29 is 14.0 Å². The van der Waals surface area contributed by atoms with E-state index in [1.807, 2.05) is 6.92 Å². The lowest BCUT2D eigenvalue weighted by atomic mass is 9.88. The molecule has 3 aliphatic heterocycles. The van der Waals surface area contributed by atoms with Gasteiger partial charge < -0.3 is 9.32 Å². The van der Waals surface area contributed by atoms with Crippen LogP contribution < -0.4 is 15.8 Å². The first-order chi connectivity index (χ1) is 16.9. The molecule has 0 saturated carbocycles. The van der Waals surface area contributed by atoms with Gasteiger partial charge in [-0.25, -0.2) is 4.79 Å². The number of thiocarbonyl (C=S) groups is 1. The van der Waals surface area contributed by atoms with Crippen molar-refractivity contribution in [1.29, 1.82) is 0 Å². The maximum Gasteiger partial charge on any atom is 0.343 e. The molecule has 4 heterocycles. The number of nitrogens with zero attached hydrogens (tertiary/aromatic N) is 2. The molecule has 1 N–H and O–H groups in total. The number of benzene rings is 1. The molecule has 2 amide bonds. The smallest absolute Gasteiger partial charge is 0.343 e. The Hall–Kier alpha value is -3.00. The van der Waals surface area contributed by atoms with Gasteiger partial charge in [0.15, 0.2) is 5.11 Å². The van der Waals surface area contributed by atoms with E-state index < -0.39 is 17.4 Å². The van der Waals surface area contributed by atoms with Crippen LogP contribution in [0, 0.1) is 6.92 Å². The normalized spacial score (nSPS) is 18.9. The number of rotatable bonds is 6. The third-order valence-electron chi connectivity index (χ3n) is 7.40. The van der Waals surface area contributed by atoms with Crippen molar-refractivity contribution in [3.05, 3.63) is 44.3 Å². The molecule has 35 heavy (non-hydrogen) atoms. The molecule has 2 aromatic rings. The Balaban J connectivity index is 1.56. The largest absolute Gasteiger partial charge is 0.422 e. The number of nitrogens with one attached hydrogen (secondary N) is 1. The van der Waals surface area contributed by atoms with Crippen LogP contribution in [0.2, 0.25) is 0 Å². The van der Waals surface area contributed by atoms with E-state index in [0.717, 1.165) is 81.0 Å². The summed E-state index contributed by atoms with van der Waals surface area (Å²) in [6.45, 7) is 6.50. The number of amides is 2. The molecule has 0 unspecified atom stereocenters. The lowest BCUT2D eigenvalue weighted by molar-refractivity contribution is -0.128. The van der Waals surface area contributed by atoms with E-state index in [9.17, 15) is 14.4 Å². The van der Waals surface area contributed by atoms with Crippen molar-refractivity contribution in [2.24, 2.45) is 0 Å². The molecule has 1 saturated heterocycles. The second-order valence-corrected chi connectivity index (χ2v) is 10.1. The summed E-state index contributed by atoms with van der Waals surface area (Å²) < 4.78 is 5.89. The molecule has 8 heteroatoms. The molecule has 3 aliphatic rings. The van der Waals surface area contributed by atoms with E-state index in [2.05, 4.69) is 23.2 Å². The van der Waals surface area contributed by atoms with Crippen molar-refractivity contribution in [2.75, 3.05) is 24.5 Å². The number of hydrogen-bond donors (Lipinski definition) is 1. The van der Waals surface area contributed by atoms with Gasteiger partial charge in [0.25, 0.3) is 11.8 Å². The van der Waals surface area contributed by atoms with Gasteiger partial charge in [-0.1, -0.05) is 26.2 Å². The van der Waals surface area contributed by atoms with Gasteiger partial charge in [-0.15, -0.1) is 0 Å². The number of hydrogen-bond acceptors (Lipinski definition) is 6. The Labute approximate surface area is 210 Å². The highest BCUT2D eigenvalue weighted by Crippen LogP contribution is 2.40. The van der Waals surface area contributed by atoms with E-state index in [4.69, 9.17) is 16.6 Å². The Kier molecular flexibility index (Phi) is 6.49. The van der Waals surface area contributed by atoms with Crippen molar-refractivity contribution >= 4 is 51.9 Å². The van der Waals surface area contributed by atoms with E-state index >= 15 is 0 Å². The zero-order chi connectivity index (χ0) is 24.7. The van der Waals surface area contributed by atoms with Crippen LogP contribution in [-0.4, -0.2) is 41.5 Å².